The second-order valence-corrected chi connectivity index (χ2v) is 3.69. The summed E-state index contributed by atoms with van der Waals surface area (Å²) < 4.78 is 5.38. The fourth-order valence-corrected chi connectivity index (χ4v) is 1.50. The van der Waals surface area contributed by atoms with Crippen molar-refractivity contribution in [2.45, 2.75) is 13.0 Å². The van der Waals surface area contributed by atoms with Crippen LogP contribution in [0.5, 0.6) is 0 Å². The van der Waals surface area contributed by atoms with Crippen LogP contribution in [0.4, 0.5) is 0 Å². The summed E-state index contributed by atoms with van der Waals surface area (Å²) in [4.78, 5) is 1.30. The lowest BCUT2D eigenvalue weighted by Crippen LogP contribution is -1.93. The Morgan fingerprint density at radius 1 is 1.55 bits per heavy atom. The maximum atomic E-state index is 5.38. The van der Waals surface area contributed by atoms with Gasteiger partial charge in [0.05, 0.1) is 6.61 Å². The lowest BCUT2D eigenvalue weighted by atomic mass is 10.5. The smallest absolute Gasteiger partial charge is 0.0809 e. The summed E-state index contributed by atoms with van der Waals surface area (Å²) in [6, 6.07) is 4.13. The molecule has 0 saturated heterocycles. The molecular formula is C8H12OS2. The SMILES string of the molecule is SCCCOCc1cccs1. The monoisotopic (exact) mass is 188 g/mol. The lowest BCUT2D eigenvalue weighted by molar-refractivity contribution is 0.124. The molecule has 0 saturated carbocycles. The fraction of sp³-hybridized carbons (Fsp3) is 0.500. The van der Waals surface area contributed by atoms with E-state index in [2.05, 4.69) is 24.1 Å². The second-order valence-electron chi connectivity index (χ2n) is 2.21. The normalized spacial score (nSPS) is 10.3. The molecule has 62 valence electrons. The number of thiol groups is 1. The molecule has 0 aliphatic heterocycles. The van der Waals surface area contributed by atoms with E-state index in [0.29, 0.717) is 0 Å². The van der Waals surface area contributed by atoms with Crippen LogP contribution >= 0.6 is 24.0 Å². The van der Waals surface area contributed by atoms with Crippen molar-refractivity contribution in [1.82, 2.24) is 0 Å². The minimum Gasteiger partial charge on any atom is -0.376 e. The van der Waals surface area contributed by atoms with Gasteiger partial charge in [0.1, 0.15) is 0 Å². The zero-order chi connectivity index (χ0) is 7.94. The molecule has 0 aliphatic rings. The lowest BCUT2D eigenvalue weighted by Gasteiger charge is -1.99. The van der Waals surface area contributed by atoms with E-state index in [0.717, 1.165) is 25.4 Å². The first-order chi connectivity index (χ1) is 5.43. The number of thiophene rings is 1. The van der Waals surface area contributed by atoms with Crippen molar-refractivity contribution in [3.05, 3.63) is 22.4 Å². The molecule has 1 nitrogen and oxygen atoms in total. The molecule has 0 N–H and O–H groups in total. The maximum Gasteiger partial charge on any atom is 0.0809 e. The highest BCUT2D eigenvalue weighted by Crippen LogP contribution is 2.09. The number of hydrogen-bond donors (Lipinski definition) is 1. The first kappa shape index (κ1) is 9.10. The van der Waals surface area contributed by atoms with Crippen LogP contribution in [0.2, 0.25) is 0 Å². The molecule has 0 atom stereocenters. The van der Waals surface area contributed by atoms with Gasteiger partial charge in [-0.25, -0.2) is 0 Å². The number of rotatable bonds is 5. The summed E-state index contributed by atoms with van der Waals surface area (Å²) in [6.07, 6.45) is 1.04. The topological polar surface area (TPSA) is 9.23 Å². The molecule has 0 aliphatic carbocycles. The third-order valence-corrected chi connectivity index (χ3v) is 2.44. The van der Waals surface area contributed by atoms with Gasteiger partial charge in [-0.2, -0.15) is 12.6 Å². The molecule has 0 aromatic carbocycles. The first-order valence-corrected chi connectivity index (χ1v) is 5.15. The molecule has 0 unspecified atom stereocenters. The minimum absolute atomic E-state index is 0.755. The average Bonchev–Trinajstić information content (AvgIpc) is 2.50. The van der Waals surface area contributed by atoms with Crippen molar-refractivity contribution in [2.75, 3.05) is 12.4 Å². The fourth-order valence-electron chi connectivity index (χ4n) is 0.734. The van der Waals surface area contributed by atoms with Crippen molar-refractivity contribution in [3.63, 3.8) is 0 Å². The molecule has 0 amide bonds. The summed E-state index contributed by atoms with van der Waals surface area (Å²) in [5.41, 5.74) is 0. The van der Waals surface area contributed by atoms with Crippen LogP contribution in [0.15, 0.2) is 17.5 Å². The Morgan fingerprint density at radius 2 is 2.45 bits per heavy atom. The summed E-state index contributed by atoms with van der Waals surface area (Å²) in [5.74, 6) is 0.907. The van der Waals surface area contributed by atoms with Gasteiger partial charge in [0.15, 0.2) is 0 Å². The summed E-state index contributed by atoms with van der Waals surface area (Å²) in [7, 11) is 0. The molecule has 1 aromatic heterocycles. The van der Waals surface area contributed by atoms with E-state index < -0.39 is 0 Å². The molecule has 1 heterocycles. The van der Waals surface area contributed by atoms with Gasteiger partial charge >= 0.3 is 0 Å². The third kappa shape index (κ3) is 3.79. The molecule has 0 fully saturated rings. The Bertz CT molecular complexity index is 172. The van der Waals surface area contributed by atoms with Gasteiger partial charge in [-0.05, 0) is 23.6 Å². The second kappa shape index (κ2) is 5.63. The number of hydrogen-bond acceptors (Lipinski definition) is 3. The highest BCUT2D eigenvalue weighted by molar-refractivity contribution is 7.80. The van der Waals surface area contributed by atoms with Crippen LogP contribution in [0.3, 0.4) is 0 Å². The van der Waals surface area contributed by atoms with Crippen molar-refractivity contribution < 1.29 is 4.74 Å². The van der Waals surface area contributed by atoms with Gasteiger partial charge in [-0.15, -0.1) is 11.3 Å². The summed E-state index contributed by atoms with van der Waals surface area (Å²) in [5, 5.41) is 2.07. The van der Waals surface area contributed by atoms with Gasteiger partial charge in [0.25, 0.3) is 0 Å². The quantitative estimate of drug-likeness (QED) is 0.552. The van der Waals surface area contributed by atoms with Crippen LogP contribution in [0, 0.1) is 0 Å². The Morgan fingerprint density at radius 3 is 3.09 bits per heavy atom. The van der Waals surface area contributed by atoms with Crippen molar-refractivity contribution in [2.24, 2.45) is 0 Å². The minimum atomic E-state index is 0.755. The van der Waals surface area contributed by atoms with E-state index >= 15 is 0 Å². The Labute approximate surface area is 76.8 Å². The van der Waals surface area contributed by atoms with Crippen LogP contribution in [0.25, 0.3) is 0 Å². The predicted octanol–water partition coefficient (Wildman–Crippen LogP) is 2.58. The van der Waals surface area contributed by atoms with Gasteiger partial charge in [-0.3, -0.25) is 0 Å². The largest absolute Gasteiger partial charge is 0.376 e. The Hall–Kier alpha value is 0.01000. The van der Waals surface area contributed by atoms with Gasteiger partial charge in [-0.1, -0.05) is 6.07 Å². The van der Waals surface area contributed by atoms with E-state index in [9.17, 15) is 0 Å². The first-order valence-electron chi connectivity index (χ1n) is 3.64. The zero-order valence-electron chi connectivity index (χ0n) is 6.32. The van der Waals surface area contributed by atoms with Crippen molar-refractivity contribution in [3.8, 4) is 0 Å². The van der Waals surface area contributed by atoms with E-state index in [1.807, 2.05) is 6.07 Å². The van der Waals surface area contributed by atoms with Crippen LogP contribution < -0.4 is 0 Å². The van der Waals surface area contributed by atoms with E-state index in [-0.39, 0.29) is 0 Å². The van der Waals surface area contributed by atoms with Gasteiger partial charge in [0, 0.05) is 11.5 Å². The molecule has 0 radical (unpaired) electrons. The van der Waals surface area contributed by atoms with Gasteiger partial charge < -0.3 is 4.74 Å². The predicted molar refractivity (Wildman–Crippen MR) is 52.4 cm³/mol. The van der Waals surface area contributed by atoms with E-state index in [4.69, 9.17) is 4.74 Å². The molecule has 11 heavy (non-hydrogen) atoms. The average molecular weight is 188 g/mol. The summed E-state index contributed by atoms with van der Waals surface area (Å²) >= 11 is 5.83. The molecule has 1 aromatic rings. The highest BCUT2D eigenvalue weighted by Gasteiger charge is 1.91. The maximum absolute atomic E-state index is 5.38. The van der Waals surface area contributed by atoms with E-state index in [1.165, 1.54) is 4.88 Å². The van der Waals surface area contributed by atoms with Crippen LogP contribution in [-0.4, -0.2) is 12.4 Å². The Kier molecular flexibility index (Phi) is 4.66. The molecule has 3 heteroatoms. The molecule has 1 rings (SSSR count). The standard InChI is InChI=1S/C8H12OS2/c10-5-2-4-9-7-8-3-1-6-11-8/h1,3,6,10H,2,4-5,7H2. The van der Waals surface area contributed by atoms with E-state index in [1.54, 1.807) is 11.3 Å². The zero-order valence-corrected chi connectivity index (χ0v) is 8.04. The van der Waals surface area contributed by atoms with Crippen LogP contribution in [-0.2, 0) is 11.3 Å². The van der Waals surface area contributed by atoms with Gasteiger partial charge in [0.2, 0.25) is 0 Å². The third-order valence-electron chi connectivity index (χ3n) is 1.27. The molecular weight excluding hydrogens is 176 g/mol. The van der Waals surface area contributed by atoms with Crippen molar-refractivity contribution in [1.29, 1.82) is 0 Å². The highest BCUT2D eigenvalue weighted by atomic mass is 32.1. The summed E-state index contributed by atoms with van der Waals surface area (Å²) in [6.45, 7) is 1.58. The van der Waals surface area contributed by atoms with Crippen LogP contribution in [0.1, 0.15) is 11.3 Å². The Balaban J connectivity index is 2.04. The molecule has 0 spiro atoms. The number of ether oxygens (including phenoxy) is 1. The molecule has 0 bridgehead atoms. The van der Waals surface area contributed by atoms with Crippen molar-refractivity contribution >= 4 is 24.0 Å².